The Hall–Kier alpha value is -2.36. The first kappa shape index (κ1) is 41.8. The summed E-state index contributed by atoms with van der Waals surface area (Å²) < 4.78 is 28.0. The second-order valence-electron chi connectivity index (χ2n) is 13.8. The Kier molecular flexibility index (Phi) is 16.7. The summed E-state index contributed by atoms with van der Waals surface area (Å²) in [5.74, 6) is 1.42. The fraction of sp³-hybridized carbons (Fsp3) is 0.568. The van der Waals surface area contributed by atoms with E-state index in [-0.39, 0.29) is 73.1 Å². The summed E-state index contributed by atoms with van der Waals surface area (Å²) in [7, 11) is 0. The van der Waals surface area contributed by atoms with Crippen molar-refractivity contribution >= 4 is 43.2 Å². The predicted octanol–water partition coefficient (Wildman–Crippen LogP) is 7.97. The van der Waals surface area contributed by atoms with E-state index >= 15 is 0 Å². The summed E-state index contributed by atoms with van der Waals surface area (Å²) >= 11 is 0. The van der Waals surface area contributed by atoms with Gasteiger partial charge in [0.15, 0.2) is 0 Å². The number of nitrogens with one attached hydrogen (secondary N) is 1. The number of carbonyl (C=O) groups is 1. The van der Waals surface area contributed by atoms with E-state index in [9.17, 15) is 9.18 Å². The van der Waals surface area contributed by atoms with Crippen LogP contribution in [0.3, 0.4) is 0 Å². The van der Waals surface area contributed by atoms with Crippen molar-refractivity contribution in [2.45, 2.75) is 96.7 Å². The summed E-state index contributed by atoms with van der Waals surface area (Å²) in [5.41, 5.74) is 4.54. The highest BCUT2D eigenvalue weighted by Crippen LogP contribution is 2.42. The molecule has 2 aromatic carbocycles. The van der Waals surface area contributed by atoms with Crippen LogP contribution < -0.4 is 10.1 Å². The molecule has 0 spiro atoms. The fourth-order valence-electron chi connectivity index (χ4n) is 7.06. The van der Waals surface area contributed by atoms with E-state index < -0.39 is 0 Å². The van der Waals surface area contributed by atoms with Crippen LogP contribution in [0.15, 0.2) is 54.6 Å². The van der Waals surface area contributed by atoms with Crippen LogP contribution in [0.5, 0.6) is 5.75 Å². The van der Waals surface area contributed by atoms with E-state index in [1.165, 1.54) is 17.3 Å². The lowest BCUT2D eigenvalue weighted by Gasteiger charge is -2.35. The molecular weight excluding hydrogens is 674 g/mol. The summed E-state index contributed by atoms with van der Waals surface area (Å²) in [6.07, 6.45) is 4.37. The molecule has 7 nitrogen and oxygen atoms in total. The standard InChI is InChI=1S/C37H51FN4O3.3ClH/c1-6-42-35(22-31(40-42)19-26-11-13-32(14-12-26)44-7-2)27-15-17-41(18-16-27)25-29-21-33(45-36(43)24-39-37(3,4)5)23-34(29)28-9-8-10-30(38)20-28;;;/h8-14,20,22,27,29,33-34,39H,6-7,15-19,21,23-25H2,1-5H3;3*1H/t29-,33+,34-;;;/m1.../s1. The van der Waals surface area contributed by atoms with Gasteiger partial charge in [-0.25, -0.2) is 4.39 Å². The number of hydrogen-bond donors (Lipinski definition) is 1. The minimum Gasteiger partial charge on any atom is -0.494 e. The normalized spacial score (nSPS) is 19.9. The maximum atomic E-state index is 14.2. The molecule has 3 aromatic rings. The molecule has 1 saturated heterocycles. The minimum absolute atomic E-state index is 0. The Morgan fingerprint density at radius 1 is 1.00 bits per heavy atom. The van der Waals surface area contributed by atoms with E-state index in [4.69, 9.17) is 14.6 Å². The van der Waals surface area contributed by atoms with Crippen LogP contribution in [0.25, 0.3) is 0 Å². The largest absolute Gasteiger partial charge is 0.494 e. The summed E-state index contributed by atoms with van der Waals surface area (Å²) in [5, 5.41) is 8.19. The zero-order valence-corrected chi connectivity index (χ0v) is 31.4. The molecule has 0 unspecified atom stereocenters. The number of hydrogen-bond acceptors (Lipinski definition) is 6. The first-order chi connectivity index (χ1) is 21.6. The van der Waals surface area contributed by atoms with Crippen molar-refractivity contribution in [1.82, 2.24) is 20.0 Å². The first-order valence-electron chi connectivity index (χ1n) is 16.8. The van der Waals surface area contributed by atoms with Gasteiger partial charge in [0.25, 0.3) is 0 Å². The second kappa shape index (κ2) is 19.1. The molecule has 1 saturated carbocycles. The topological polar surface area (TPSA) is 68.6 Å². The summed E-state index contributed by atoms with van der Waals surface area (Å²) in [4.78, 5) is 15.2. The predicted molar refractivity (Wildman–Crippen MR) is 198 cm³/mol. The number of benzene rings is 2. The highest BCUT2D eigenvalue weighted by molar-refractivity contribution is 5.86. The maximum Gasteiger partial charge on any atom is 0.320 e. The van der Waals surface area contributed by atoms with Gasteiger partial charge in [0.1, 0.15) is 17.7 Å². The van der Waals surface area contributed by atoms with E-state index in [2.05, 4.69) is 40.0 Å². The number of halogens is 4. The third-order valence-electron chi connectivity index (χ3n) is 9.27. The van der Waals surface area contributed by atoms with Gasteiger partial charge >= 0.3 is 5.97 Å². The molecule has 0 bridgehead atoms. The molecule has 2 heterocycles. The average molecular weight is 728 g/mol. The van der Waals surface area contributed by atoms with Gasteiger partial charge in [-0.3, -0.25) is 9.48 Å². The lowest BCUT2D eigenvalue weighted by Crippen LogP contribution is -2.40. The van der Waals surface area contributed by atoms with Crippen molar-refractivity contribution in [3.8, 4) is 5.75 Å². The molecule has 0 amide bonds. The zero-order chi connectivity index (χ0) is 32.0. The zero-order valence-electron chi connectivity index (χ0n) is 29.0. The van der Waals surface area contributed by atoms with Crippen LogP contribution in [0.2, 0.25) is 0 Å². The highest BCUT2D eigenvalue weighted by atomic mass is 35.5. The van der Waals surface area contributed by atoms with Gasteiger partial charge in [0, 0.05) is 36.7 Å². The third kappa shape index (κ3) is 11.6. The van der Waals surface area contributed by atoms with Gasteiger partial charge in [-0.1, -0.05) is 24.3 Å². The monoisotopic (exact) mass is 726 g/mol. The molecule has 11 heteroatoms. The Morgan fingerprint density at radius 2 is 1.71 bits per heavy atom. The fourth-order valence-corrected chi connectivity index (χ4v) is 7.06. The van der Waals surface area contributed by atoms with Gasteiger partial charge in [-0.15, -0.1) is 37.2 Å². The van der Waals surface area contributed by atoms with Crippen LogP contribution in [0.4, 0.5) is 4.39 Å². The number of aryl methyl sites for hydroxylation is 1. The van der Waals surface area contributed by atoms with E-state index in [1.807, 2.05) is 45.9 Å². The van der Waals surface area contributed by atoms with Crippen LogP contribution in [0.1, 0.15) is 94.7 Å². The van der Waals surface area contributed by atoms with Gasteiger partial charge in [-0.2, -0.15) is 5.10 Å². The number of rotatable bonds is 12. The van der Waals surface area contributed by atoms with Gasteiger partial charge in [0.05, 0.1) is 18.8 Å². The number of likely N-dealkylation sites (tertiary alicyclic amines) is 1. The van der Waals surface area contributed by atoms with E-state index in [0.29, 0.717) is 18.4 Å². The van der Waals surface area contributed by atoms with Crippen molar-refractivity contribution in [2.24, 2.45) is 5.92 Å². The molecule has 0 radical (unpaired) electrons. The number of aromatic nitrogens is 2. The SMILES string of the molecule is CCOc1ccc(Cc2cc(C3CCN(C[C@H]4C[C@H](OC(=O)CNC(C)(C)C)C[C@@H]4c4cccc(F)c4)CC3)n(CC)n2)cc1.Cl.Cl.Cl. The molecule has 2 fully saturated rings. The molecule has 48 heavy (non-hydrogen) atoms. The molecule has 1 aliphatic heterocycles. The molecule has 1 N–H and O–H groups in total. The van der Waals surface area contributed by atoms with Gasteiger partial charge in [0.2, 0.25) is 0 Å². The quantitative estimate of drug-likeness (QED) is 0.191. The van der Waals surface area contributed by atoms with Gasteiger partial charge in [-0.05, 0) is 127 Å². The number of piperidine rings is 1. The van der Waals surface area contributed by atoms with Crippen molar-refractivity contribution in [2.75, 3.05) is 32.8 Å². The molecule has 3 atom stereocenters. The Labute approximate surface area is 304 Å². The van der Waals surface area contributed by atoms with Crippen molar-refractivity contribution in [1.29, 1.82) is 0 Å². The number of esters is 1. The molecule has 268 valence electrons. The molecular formula is C37H54Cl3FN4O3. The van der Waals surface area contributed by atoms with Crippen LogP contribution >= 0.6 is 37.2 Å². The van der Waals surface area contributed by atoms with Crippen molar-refractivity contribution in [3.05, 3.63) is 82.9 Å². The maximum absolute atomic E-state index is 14.2. The second-order valence-corrected chi connectivity index (χ2v) is 13.8. The molecule has 5 rings (SSSR count). The third-order valence-corrected chi connectivity index (χ3v) is 9.27. The minimum atomic E-state index is -0.219. The van der Waals surface area contributed by atoms with Crippen molar-refractivity contribution < 1.29 is 18.7 Å². The Balaban J connectivity index is 0.00000267. The lowest BCUT2D eigenvalue weighted by molar-refractivity contribution is -0.148. The number of nitrogens with zero attached hydrogens (tertiary/aromatic N) is 3. The summed E-state index contributed by atoms with van der Waals surface area (Å²) in [6.45, 7) is 15.0. The lowest BCUT2D eigenvalue weighted by atomic mass is 9.87. The van der Waals surface area contributed by atoms with Gasteiger partial charge < -0.3 is 19.7 Å². The van der Waals surface area contributed by atoms with E-state index in [0.717, 1.165) is 75.3 Å². The first-order valence-corrected chi connectivity index (χ1v) is 16.8. The Bertz CT molecular complexity index is 1410. The summed E-state index contributed by atoms with van der Waals surface area (Å²) in [6, 6.07) is 17.6. The number of carbonyl (C=O) groups excluding carboxylic acids is 1. The van der Waals surface area contributed by atoms with Crippen LogP contribution in [0, 0.1) is 11.7 Å². The average Bonchev–Trinajstić information content (AvgIpc) is 3.61. The Morgan fingerprint density at radius 3 is 2.33 bits per heavy atom. The highest BCUT2D eigenvalue weighted by Gasteiger charge is 2.39. The van der Waals surface area contributed by atoms with Crippen LogP contribution in [-0.2, 0) is 22.5 Å². The smallest absolute Gasteiger partial charge is 0.320 e. The van der Waals surface area contributed by atoms with E-state index in [1.54, 1.807) is 12.1 Å². The van der Waals surface area contributed by atoms with Crippen molar-refractivity contribution in [3.63, 3.8) is 0 Å². The van der Waals surface area contributed by atoms with Crippen LogP contribution in [-0.4, -0.2) is 65.1 Å². The molecule has 1 aromatic heterocycles. The molecule has 2 aliphatic rings. The number of ether oxygens (including phenoxy) is 2. The molecule has 1 aliphatic carbocycles.